The lowest BCUT2D eigenvalue weighted by Crippen LogP contribution is -2.54. The summed E-state index contributed by atoms with van der Waals surface area (Å²) in [5.74, 6) is 0. The molecule has 36 heavy (non-hydrogen) atoms. The summed E-state index contributed by atoms with van der Waals surface area (Å²) in [5.41, 5.74) is 5.60. The Hall–Kier alpha value is -1.72. The lowest BCUT2D eigenvalue weighted by molar-refractivity contribution is -0.194. The first-order chi connectivity index (χ1) is 17.2. The molecule has 2 fully saturated rings. The first kappa shape index (κ1) is 27.3. The van der Waals surface area contributed by atoms with Gasteiger partial charge < -0.3 is 18.9 Å². The maximum Gasteiger partial charge on any atom is 0.0717 e. The zero-order valence-electron chi connectivity index (χ0n) is 23.3. The van der Waals surface area contributed by atoms with E-state index in [9.17, 15) is 0 Å². The summed E-state index contributed by atoms with van der Waals surface area (Å²) in [6, 6.07) is 17.5. The molecule has 0 bridgehead atoms. The summed E-state index contributed by atoms with van der Waals surface area (Å²) in [6.07, 6.45) is 2.27. The van der Waals surface area contributed by atoms with E-state index in [4.69, 9.17) is 18.9 Å². The Kier molecular flexibility index (Phi) is 8.31. The van der Waals surface area contributed by atoms with Crippen molar-refractivity contribution in [2.45, 2.75) is 67.6 Å². The monoisotopic (exact) mass is 494 g/mol. The molecule has 4 rings (SSSR count). The van der Waals surface area contributed by atoms with Crippen molar-refractivity contribution in [1.82, 2.24) is 0 Å². The normalized spacial score (nSPS) is 18.9. The molecule has 2 saturated heterocycles. The molecule has 198 valence electrons. The fourth-order valence-electron chi connectivity index (χ4n) is 5.58. The second-order valence-electron chi connectivity index (χ2n) is 12.4. The fraction of sp³-hybridized carbons (Fsp3) is 0.625. The molecule has 4 nitrogen and oxygen atoms in total. The van der Waals surface area contributed by atoms with Gasteiger partial charge in [0.25, 0.3) is 0 Å². The van der Waals surface area contributed by atoms with Crippen LogP contribution in [-0.4, -0.2) is 39.6 Å². The van der Waals surface area contributed by atoms with Gasteiger partial charge in [-0.15, -0.1) is 0 Å². The van der Waals surface area contributed by atoms with Gasteiger partial charge >= 0.3 is 0 Å². The van der Waals surface area contributed by atoms with Gasteiger partial charge in [-0.2, -0.15) is 0 Å². The van der Waals surface area contributed by atoms with Crippen LogP contribution in [0.15, 0.2) is 48.5 Å². The fourth-order valence-corrected chi connectivity index (χ4v) is 5.58. The predicted molar refractivity (Wildman–Crippen MR) is 146 cm³/mol. The summed E-state index contributed by atoms with van der Waals surface area (Å²) in [5, 5.41) is 0. The maximum absolute atomic E-state index is 6.15. The van der Waals surface area contributed by atoms with E-state index in [1.807, 2.05) is 0 Å². The minimum Gasteiger partial charge on any atom is -0.380 e. The van der Waals surface area contributed by atoms with Crippen molar-refractivity contribution < 1.29 is 18.9 Å². The highest BCUT2D eigenvalue weighted by Crippen LogP contribution is 2.48. The van der Waals surface area contributed by atoms with Crippen LogP contribution in [0.5, 0.6) is 0 Å². The number of hydrogen-bond acceptors (Lipinski definition) is 4. The minimum atomic E-state index is 0.115. The van der Waals surface area contributed by atoms with Gasteiger partial charge in [-0.05, 0) is 45.9 Å². The molecule has 2 aromatic carbocycles. The highest BCUT2D eigenvalue weighted by atomic mass is 16.5. The van der Waals surface area contributed by atoms with E-state index in [1.165, 1.54) is 22.3 Å². The number of hydrogen-bond donors (Lipinski definition) is 0. The smallest absolute Gasteiger partial charge is 0.0717 e. The van der Waals surface area contributed by atoms with Gasteiger partial charge in [-0.3, -0.25) is 0 Å². The molecule has 0 unspecified atom stereocenters. The molecular formula is C32H46O4. The SMILES string of the molecule is CCC1(C(C)(C)COCc2ccc(-c3ccc(COCC(C)(C)C4(CC)COC4)cc3)cc2)COC1. The Morgan fingerprint density at radius 1 is 0.611 bits per heavy atom. The zero-order chi connectivity index (χ0) is 25.9. The number of ether oxygens (including phenoxy) is 4. The van der Waals surface area contributed by atoms with Crippen molar-refractivity contribution in [2.75, 3.05) is 39.6 Å². The van der Waals surface area contributed by atoms with Crippen molar-refractivity contribution in [3.63, 3.8) is 0 Å². The molecule has 0 N–H and O–H groups in total. The second-order valence-corrected chi connectivity index (χ2v) is 12.4. The van der Waals surface area contributed by atoms with Crippen LogP contribution in [-0.2, 0) is 32.2 Å². The van der Waals surface area contributed by atoms with Crippen LogP contribution < -0.4 is 0 Å². The van der Waals surface area contributed by atoms with Crippen molar-refractivity contribution in [1.29, 1.82) is 0 Å². The third-order valence-corrected chi connectivity index (χ3v) is 9.44. The Morgan fingerprint density at radius 2 is 0.944 bits per heavy atom. The van der Waals surface area contributed by atoms with E-state index < -0.39 is 0 Å². The lowest BCUT2D eigenvalue weighted by atomic mass is 9.63. The summed E-state index contributed by atoms with van der Waals surface area (Å²) >= 11 is 0. The Morgan fingerprint density at radius 3 is 1.19 bits per heavy atom. The Bertz CT molecular complexity index is 874. The van der Waals surface area contributed by atoms with Gasteiger partial charge in [-0.25, -0.2) is 0 Å². The molecule has 0 saturated carbocycles. The van der Waals surface area contributed by atoms with Crippen molar-refractivity contribution >= 4 is 0 Å². The van der Waals surface area contributed by atoms with Crippen LogP contribution in [0.3, 0.4) is 0 Å². The van der Waals surface area contributed by atoms with Gasteiger partial charge in [0.1, 0.15) is 0 Å². The maximum atomic E-state index is 6.15. The molecule has 2 heterocycles. The van der Waals surface area contributed by atoms with Crippen LogP contribution >= 0.6 is 0 Å². The molecule has 0 spiro atoms. The number of rotatable bonds is 13. The van der Waals surface area contributed by atoms with Gasteiger partial charge in [0.2, 0.25) is 0 Å². The van der Waals surface area contributed by atoms with Crippen LogP contribution in [0.25, 0.3) is 11.1 Å². The Balaban J connectivity index is 1.25. The average Bonchev–Trinajstić information content (AvgIpc) is 2.79. The topological polar surface area (TPSA) is 36.9 Å². The Labute approximate surface area is 218 Å². The van der Waals surface area contributed by atoms with E-state index in [0.29, 0.717) is 13.2 Å². The molecule has 0 aliphatic carbocycles. The second kappa shape index (κ2) is 10.9. The van der Waals surface area contributed by atoms with Crippen molar-refractivity contribution in [2.24, 2.45) is 21.7 Å². The summed E-state index contributed by atoms with van der Waals surface area (Å²) in [7, 11) is 0. The largest absolute Gasteiger partial charge is 0.380 e. The van der Waals surface area contributed by atoms with Crippen molar-refractivity contribution in [3.8, 4) is 11.1 Å². The first-order valence-corrected chi connectivity index (χ1v) is 13.7. The molecule has 0 aromatic heterocycles. The zero-order valence-corrected chi connectivity index (χ0v) is 23.3. The summed E-state index contributed by atoms with van der Waals surface area (Å²) < 4.78 is 23.4. The summed E-state index contributed by atoms with van der Waals surface area (Å²) in [4.78, 5) is 0. The highest BCUT2D eigenvalue weighted by molar-refractivity contribution is 5.63. The minimum absolute atomic E-state index is 0.115. The van der Waals surface area contributed by atoms with Crippen LogP contribution in [0.2, 0.25) is 0 Å². The van der Waals surface area contributed by atoms with Crippen LogP contribution in [0.4, 0.5) is 0 Å². The van der Waals surface area contributed by atoms with Crippen LogP contribution in [0.1, 0.15) is 65.5 Å². The lowest BCUT2D eigenvalue weighted by Gasteiger charge is -2.52. The van der Waals surface area contributed by atoms with Gasteiger partial charge in [0, 0.05) is 10.8 Å². The van der Waals surface area contributed by atoms with Gasteiger partial charge in [0.15, 0.2) is 0 Å². The molecular weight excluding hydrogens is 448 g/mol. The molecule has 4 heteroatoms. The highest BCUT2D eigenvalue weighted by Gasteiger charge is 2.50. The molecule has 0 amide bonds. The van der Waals surface area contributed by atoms with Gasteiger partial charge in [-0.1, -0.05) is 90.1 Å². The van der Waals surface area contributed by atoms with E-state index in [-0.39, 0.29) is 21.7 Å². The number of benzene rings is 2. The predicted octanol–water partition coefficient (Wildman–Crippen LogP) is 7.29. The molecule has 0 radical (unpaired) electrons. The average molecular weight is 495 g/mol. The van der Waals surface area contributed by atoms with E-state index in [1.54, 1.807) is 0 Å². The third kappa shape index (κ3) is 5.43. The first-order valence-electron chi connectivity index (χ1n) is 13.7. The van der Waals surface area contributed by atoms with E-state index >= 15 is 0 Å². The molecule has 2 aliphatic heterocycles. The van der Waals surface area contributed by atoms with Gasteiger partial charge in [0.05, 0.1) is 52.9 Å². The standard InChI is InChI=1S/C32H46O4/c1-7-31(21-35-22-31)29(3,4)19-33-17-25-9-13-27(14-10-25)28-15-11-26(12-16-28)18-34-20-30(5,6)32(8-2)23-36-24-32/h9-16H,7-8,17-24H2,1-6H3. The molecule has 2 aliphatic rings. The molecule has 2 aromatic rings. The summed E-state index contributed by atoms with van der Waals surface area (Å²) in [6.45, 7) is 20.0. The molecule has 0 atom stereocenters. The third-order valence-electron chi connectivity index (χ3n) is 9.44. The van der Waals surface area contributed by atoms with Crippen molar-refractivity contribution in [3.05, 3.63) is 59.7 Å². The van der Waals surface area contributed by atoms with Crippen LogP contribution in [0, 0.1) is 21.7 Å². The van der Waals surface area contributed by atoms with E-state index in [2.05, 4.69) is 90.1 Å². The quantitative estimate of drug-likeness (QED) is 0.293. The van der Waals surface area contributed by atoms with E-state index in [0.717, 1.165) is 52.5 Å².